The molecule has 1 fully saturated rings. The van der Waals surface area contributed by atoms with Gasteiger partial charge >= 0.3 is 0 Å². The van der Waals surface area contributed by atoms with Crippen molar-refractivity contribution in [3.63, 3.8) is 0 Å². The minimum atomic E-state index is -0.351. The fourth-order valence-electron chi connectivity index (χ4n) is 2.28. The molecule has 6 heteroatoms. The molecular weight excluding hydrogens is 318 g/mol. The van der Waals surface area contributed by atoms with Gasteiger partial charge in [-0.05, 0) is 34.8 Å². The van der Waals surface area contributed by atoms with Crippen LogP contribution in [-0.2, 0) is 4.79 Å². The third-order valence-electron chi connectivity index (χ3n) is 3.19. The number of pyridine rings is 1. The lowest BCUT2D eigenvalue weighted by molar-refractivity contribution is -0.117. The van der Waals surface area contributed by atoms with Crippen molar-refractivity contribution in [1.29, 1.82) is 0 Å². The minimum absolute atomic E-state index is 0.110. The van der Waals surface area contributed by atoms with Crippen LogP contribution in [0.3, 0.4) is 0 Å². The summed E-state index contributed by atoms with van der Waals surface area (Å²) in [5, 5.41) is 3.04. The second kappa shape index (κ2) is 5.55. The first-order valence-corrected chi connectivity index (χ1v) is 7.05. The van der Waals surface area contributed by atoms with Gasteiger partial charge in [0, 0.05) is 22.6 Å². The molecule has 1 aromatic rings. The zero-order valence-electron chi connectivity index (χ0n) is 9.88. The topological polar surface area (TPSA) is 68.0 Å². The van der Waals surface area contributed by atoms with Crippen LogP contribution in [0.1, 0.15) is 32.1 Å². The molecule has 1 amide bonds. The van der Waals surface area contributed by atoms with Gasteiger partial charge in [0.2, 0.25) is 5.91 Å². The van der Waals surface area contributed by atoms with Crippen LogP contribution < -0.4 is 11.1 Å². The highest BCUT2D eigenvalue weighted by Gasteiger charge is 2.31. The first-order chi connectivity index (χ1) is 8.48. The molecule has 18 heavy (non-hydrogen) atoms. The monoisotopic (exact) mass is 331 g/mol. The number of aromatic nitrogens is 1. The smallest absolute Gasteiger partial charge is 0.226 e. The summed E-state index contributed by atoms with van der Waals surface area (Å²) in [6.45, 7) is 0. The molecule has 1 saturated carbocycles. The van der Waals surface area contributed by atoms with Gasteiger partial charge in [0.05, 0.1) is 5.69 Å². The van der Waals surface area contributed by atoms with Gasteiger partial charge in [-0.1, -0.05) is 24.4 Å². The first kappa shape index (κ1) is 13.8. The number of nitrogens with zero attached hydrogens (tertiary/aromatic N) is 1. The molecule has 2 rings (SSSR count). The number of nitrogens with two attached hydrogens (primary N) is 1. The van der Waals surface area contributed by atoms with Crippen molar-refractivity contribution >= 4 is 39.1 Å². The Morgan fingerprint density at radius 3 is 2.89 bits per heavy atom. The van der Waals surface area contributed by atoms with Crippen LogP contribution in [0.25, 0.3) is 0 Å². The fourth-order valence-corrected chi connectivity index (χ4v) is 2.76. The Morgan fingerprint density at radius 2 is 2.22 bits per heavy atom. The summed E-state index contributed by atoms with van der Waals surface area (Å²) in [6.07, 6.45) is 5.93. The quantitative estimate of drug-likeness (QED) is 0.836. The van der Waals surface area contributed by atoms with Gasteiger partial charge in [0.15, 0.2) is 5.15 Å². The van der Waals surface area contributed by atoms with Crippen LogP contribution >= 0.6 is 27.5 Å². The highest BCUT2D eigenvalue weighted by molar-refractivity contribution is 9.10. The van der Waals surface area contributed by atoms with E-state index in [4.69, 9.17) is 17.3 Å². The summed E-state index contributed by atoms with van der Waals surface area (Å²) in [5.41, 5.74) is 6.32. The molecule has 0 saturated heterocycles. The van der Waals surface area contributed by atoms with Crippen LogP contribution in [-0.4, -0.2) is 16.4 Å². The lowest BCUT2D eigenvalue weighted by Crippen LogP contribution is -2.40. The minimum Gasteiger partial charge on any atom is -0.325 e. The van der Waals surface area contributed by atoms with E-state index in [0.29, 0.717) is 12.1 Å². The zero-order chi connectivity index (χ0) is 13.2. The van der Waals surface area contributed by atoms with Crippen molar-refractivity contribution in [2.75, 3.05) is 5.32 Å². The number of carbonyl (C=O) groups excluding carboxylic acids is 1. The summed E-state index contributed by atoms with van der Waals surface area (Å²) >= 11 is 9.20. The summed E-state index contributed by atoms with van der Waals surface area (Å²) in [5.74, 6) is -0.110. The molecule has 0 atom stereocenters. The van der Waals surface area contributed by atoms with E-state index in [1.807, 2.05) is 0 Å². The van der Waals surface area contributed by atoms with Crippen molar-refractivity contribution < 1.29 is 4.79 Å². The Balaban J connectivity index is 2.00. The Hall–Kier alpha value is -0.650. The molecule has 4 nitrogen and oxygen atoms in total. The van der Waals surface area contributed by atoms with Gasteiger partial charge < -0.3 is 11.1 Å². The van der Waals surface area contributed by atoms with E-state index >= 15 is 0 Å². The number of carbonyl (C=O) groups is 1. The molecule has 0 radical (unpaired) electrons. The van der Waals surface area contributed by atoms with E-state index in [2.05, 4.69) is 26.2 Å². The van der Waals surface area contributed by atoms with E-state index in [9.17, 15) is 4.79 Å². The standard InChI is InChI=1S/C12H15BrClN3O/c13-8-5-9(11(14)16-7-8)17-10(18)6-12(15)3-1-2-4-12/h5,7H,1-4,6,15H2,(H,17,18). The Labute approximate surface area is 119 Å². The Bertz CT molecular complexity index is 461. The van der Waals surface area contributed by atoms with Crippen molar-refractivity contribution in [2.45, 2.75) is 37.6 Å². The van der Waals surface area contributed by atoms with Crippen molar-refractivity contribution in [2.24, 2.45) is 5.73 Å². The third kappa shape index (κ3) is 3.43. The van der Waals surface area contributed by atoms with Crippen LogP contribution in [0.15, 0.2) is 16.7 Å². The van der Waals surface area contributed by atoms with Crippen molar-refractivity contribution in [3.8, 4) is 0 Å². The number of halogens is 2. The molecule has 0 aromatic carbocycles. The number of anilines is 1. The average molecular weight is 333 g/mol. The SMILES string of the molecule is NC1(CC(=O)Nc2cc(Br)cnc2Cl)CCCC1. The molecule has 0 aliphatic heterocycles. The van der Waals surface area contributed by atoms with E-state index in [1.165, 1.54) is 0 Å². The maximum absolute atomic E-state index is 11.9. The second-order valence-electron chi connectivity index (χ2n) is 4.79. The van der Waals surface area contributed by atoms with Crippen molar-refractivity contribution in [1.82, 2.24) is 4.98 Å². The molecule has 1 aliphatic rings. The normalized spacial score (nSPS) is 17.7. The van der Waals surface area contributed by atoms with Crippen LogP contribution in [0.2, 0.25) is 5.15 Å². The van der Waals surface area contributed by atoms with Gasteiger partial charge in [0.25, 0.3) is 0 Å². The summed E-state index contributed by atoms with van der Waals surface area (Å²) < 4.78 is 0.769. The molecule has 0 bridgehead atoms. The fraction of sp³-hybridized carbons (Fsp3) is 0.500. The van der Waals surface area contributed by atoms with Crippen LogP contribution in [0.4, 0.5) is 5.69 Å². The number of rotatable bonds is 3. The molecule has 0 unspecified atom stereocenters. The Morgan fingerprint density at radius 1 is 1.56 bits per heavy atom. The molecule has 3 N–H and O–H groups in total. The number of hydrogen-bond donors (Lipinski definition) is 2. The summed E-state index contributed by atoms with van der Waals surface area (Å²) in [7, 11) is 0. The number of hydrogen-bond acceptors (Lipinski definition) is 3. The van der Waals surface area contributed by atoms with Gasteiger partial charge in [-0.25, -0.2) is 4.98 Å². The third-order valence-corrected chi connectivity index (χ3v) is 3.93. The van der Waals surface area contributed by atoms with E-state index in [0.717, 1.165) is 30.2 Å². The highest BCUT2D eigenvalue weighted by Crippen LogP contribution is 2.31. The van der Waals surface area contributed by atoms with Gasteiger partial charge in [-0.15, -0.1) is 0 Å². The van der Waals surface area contributed by atoms with Gasteiger partial charge in [-0.2, -0.15) is 0 Å². The first-order valence-electron chi connectivity index (χ1n) is 5.88. The van der Waals surface area contributed by atoms with Crippen LogP contribution in [0, 0.1) is 0 Å². The van der Waals surface area contributed by atoms with Gasteiger partial charge in [-0.3, -0.25) is 4.79 Å². The lowest BCUT2D eigenvalue weighted by Gasteiger charge is -2.22. The predicted molar refractivity (Wildman–Crippen MR) is 75.6 cm³/mol. The van der Waals surface area contributed by atoms with Gasteiger partial charge in [0.1, 0.15) is 0 Å². The largest absolute Gasteiger partial charge is 0.325 e. The molecule has 1 heterocycles. The number of nitrogens with one attached hydrogen (secondary N) is 1. The molecule has 98 valence electrons. The molecule has 1 aromatic heterocycles. The van der Waals surface area contributed by atoms with E-state index in [-0.39, 0.29) is 16.6 Å². The van der Waals surface area contributed by atoms with Crippen molar-refractivity contribution in [3.05, 3.63) is 21.9 Å². The molecule has 1 aliphatic carbocycles. The molecular formula is C12H15BrClN3O. The maximum atomic E-state index is 11.9. The van der Waals surface area contributed by atoms with E-state index in [1.54, 1.807) is 12.3 Å². The highest BCUT2D eigenvalue weighted by atomic mass is 79.9. The number of amides is 1. The second-order valence-corrected chi connectivity index (χ2v) is 6.06. The van der Waals surface area contributed by atoms with E-state index < -0.39 is 0 Å². The average Bonchev–Trinajstić information content (AvgIpc) is 2.70. The summed E-state index contributed by atoms with van der Waals surface area (Å²) in [4.78, 5) is 15.9. The summed E-state index contributed by atoms with van der Waals surface area (Å²) in [6, 6.07) is 1.73. The van der Waals surface area contributed by atoms with Crippen LogP contribution in [0.5, 0.6) is 0 Å². The predicted octanol–water partition coefficient (Wildman–Crippen LogP) is 3.10. The molecule has 0 spiro atoms. The maximum Gasteiger partial charge on any atom is 0.226 e. The zero-order valence-corrected chi connectivity index (χ0v) is 12.2. The Kier molecular flexibility index (Phi) is 4.25. The lowest BCUT2D eigenvalue weighted by atomic mass is 9.94.